The van der Waals surface area contributed by atoms with Crippen molar-refractivity contribution in [3.05, 3.63) is 94.4 Å². The zero-order valence-corrected chi connectivity index (χ0v) is 16.0. The number of ether oxygens (including phenoxy) is 1. The largest absolute Gasteiger partial charge is 0.497 e. The van der Waals surface area contributed by atoms with Crippen molar-refractivity contribution in [3.8, 4) is 22.6 Å². The number of methoxy groups -OCH3 is 1. The quantitative estimate of drug-likeness (QED) is 0.548. The highest BCUT2D eigenvalue weighted by atomic mass is 16.5. The fraction of sp³-hybridized carbons (Fsp3) is 0.125. The topological polar surface area (TPSA) is 71.7 Å². The molecule has 29 heavy (non-hydrogen) atoms. The highest BCUT2D eigenvalue weighted by Crippen LogP contribution is 2.30. The lowest BCUT2D eigenvalue weighted by Gasteiger charge is -2.14. The van der Waals surface area contributed by atoms with Crippen LogP contribution in [-0.2, 0) is 13.2 Å². The van der Waals surface area contributed by atoms with Crippen molar-refractivity contribution in [2.45, 2.75) is 13.2 Å². The molecule has 0 aliphatic heterocycles. The standard InChI is InChI=1S/C24H21NO4/c1-29-20-9-5-18(6-10-20)23-13-25(19-7-2-16(14-26)3-8-19)24(28)21-11-4-17(15-27)12-22(21)23/h2-13,26-27H,14-15H2,1H3. The summed E-state index contributed by atoms with van der Waals surface area (Å²) in [4.78, 5) is 13.2. The van der Waals surface area contributed by atoms with Crippen molar-refractivity contribution < 1.29 is 14.9 Å². The zero-order valence-electron chi connectivity index (χ0n) is 16.0. The molecule has 5 nitrogen and oxygen atoms in total. The van der Waals surface area contributed by atoms with Crippen molar-refractivity contribution in [2.24, 2.45) is 0 Å². The van der Waals surface area contributed by atoms with Gasteiger partial charge in [-0.05, 0) is 58.5 Å². The third kappa shape index (κ3) is 3.53. The first kappa shape index (κ1) is 18.9. The Balaban J connectivity index is 1.99. The van der Waals surface area contributed by atoms with Gasteiger partial charge < -0.3 is 14.9 Å². The fourth-order valence-electron chi connectivity index (χ4n) is 3.44. The first-order valence-corrected chi connectivity index (χ1v) is 9.28. The maximum Gasteiger partial charge on any atom is 0.262 e. The van der Waals surface area contributed by atoms with Crippen LogP contribution in [0.25, 0.3) is 27.6 Å². The number of pyridine rings is 1. The van der Waals surface area contributed by atoms with Crippen LogP contribution in [0.2, 0.25) is 0 Å². The number of rotatable bonds is 5. The van der Waals surface area contributed by atoms with Crippen LogP contribution in [0.4, 0.5) is 0 Å². The molecule has 0 unspecified atom stereocenters. The van der Waals surface area contributed by atoms with E-state index >= 15 is 0 Å². The van der Waals surface area contributed by atoms with E-state index in [1.165, 1.54) is 0 Å². The monoisotopic (exact) mass is 387 g/mol. The van der Waals surface area contributed by atoms with Crippen molar-refractivity contribution in [1.82, 2.24) is 4.57 Å². The van der Waals surface area contributed by atoms with Crippen LogP contribution in [0.3, 0.4) is 0 Å². The molecule has 0 radical (unpaired) electrons. The second-order valence-corrected chi connectivity index (χ2v) is 6.81. The van der Waals surface area contributed by atoms with E-state index in [1.807, 2.05) is 48.7 Å². The van der Waals surface area contributed by atoms with E-state index in [9.17, 15) is 15.0 Å². The molecule has 0 fully saturated rings. The number of aliphatic hydroxyl groups is 2. The lowest BCUT2D eigenvalue weighted by atomic mass is 9.98. The number of fused-ring (bicyclic) bond motifs is 1. The summed E-state index contributed by atoms with van der Waals surface area (Å²) in [6.07, 6.45) is 1.82. The van der Waals surface area contributed by atoms with Crippen LogP contribution in [0.1, 0.15) is 11.1 Å². The van der Waals surface area contributed by atoms with E-state index in [0.29, 0.717) is 5.39 Å². The first-order valence-electron chi connectivity index (χ1n) is 9.28. The summed E-state index contributed by atoms with van der Waals surface area (Å²) in [7, 11) is 1.62. The number of hydrogen-bond acceptors (Lipinski definition) is 4. The van der Waals surface area contributed by atoms with Gasteiger partial charge in [0.15, 0.2) is 0 Å². The Morgan fingerprint density at radius 2 is 1.48 bits per heavy atom. The van der Waals surface area contributed by atoms with Gasteiger partial charge in [0.05, 0.1) is 20.3 Å². The molecule has 0 atom stereocenters. The number of benzene rings is 3. The Bertz CT molecular complexity index is 1210. The predicted molar refractivity (Wildman–Crippen MR) is 113 cm³/mol. The van der Waals surface area contributed by atoms with E-state index in [1.54, 1.807) is 35.9 Å². The van der Waals surface area contributed by atoms with Gasteiger partial charge >= 0.3 is 0 Å². The molecule has 146 valence electrons. The Morgan fingerprint density at radius 1 is 0.828 bits per heavy atom. The third-order valence-electron chi connectivity index (χ3n) is 5.06. The van der Waals surface area contributed by atoms with Gasteiger partial charge in [0.25, 0.3) is 5.56 Å². The van der Waals surface area contributed by atoms with Crippen LogP contribution in [-0.4, -0.2) is 21.9 Å². The summed E-state index contributed by atoms with van der Waals surface area (Å²) in [5.74, 6) is 0.752. The van der Waals surface area contributed by atoms with Gasteiger partial charge in [0.1, 0.15) is 5.75 Å². The highest BCUT2D eigenvalue weighted by molar-refractivity contribution is 5.96. The molecule has 0 amide bonds. The van der Waals surface area contributed by atoms with Gasteiger partial charge in [0, 0.05) is 22.8 Å². The molecule has 3 aromatic carbocycles. The molecular weight excluding hydrogens is 366 g/mol. The minimum absolute atomic E-state index is 0.0477. The zero-order chi connectivity index (χ0) is 20.4. The van der Waals surface area contributed by atoms with Gasteiger partial charge in [-0.15, -0.1) is 0 Å². The first-order chi connectivity index (χ1) is 14.1. The van der Waals surface area contributed by atoms with E-state index in [4.69, 9.17) is 4.74 Å². The lowest BCUT2D eigenvalue weighted by molar-refractivity contribution is 0.281. The van der Waals surface area contributed by atoms with Gasteiger partial charge in [-0.2, -0.15) is 0 Å². The molecule has 0 aliphatic carbocycles. The Kier molecular flexibility index (Phi) is 5.16. The maximum absolute atomic E-state index is 13.2. The van der Waals surface area contributed by atoms with Gasteiger partial charge in [0.2, 0.25) is 0 Å². The van der Waals surface area contributed by atoms with Crippen molar-refractivity contribution in [1.29, 1.82) is 0 Å². The van der Waals surface area contributed by atoms with Gasteiger partial charge in [-0.3, -0.25) is 9.36 Å². The molecule has 1 heterocycles. The minimum Gasteiger partial charge on any atom is -0.497 e. The predicted octanol–water partition coefficient (Wildman–Crippen LogP) is 3.65. The lowest BCUT2D eigenvalue weighted by Crippen LogP contribution is -2.18. The number of aliphatic hydroxyl groups excluding tert-OH is 2. The van der Waals surface area contributed by atoms with Crippen LogP contribution >= 0.6 is 0 Å². The SMILES string of the molecule is COc1ccc(-c2cn(-c3ccc(CO)cc3)c(=O)c3ccc(CO)cc23)cc1. The van der Waals surface area contributed by atoms with E-state index in [-0.39, 0.29) is 18.8 Å². The molecule has 0 spiro atoms. The fourth-order valence-corrected chi connectivity index (χ4v) is 3.44. The molecule has 0 bridgehead atoms. The molecule has 0 saturated heterocycles. The number of hydrogen-bond donors (Lipinski definition) is 2. The summed E-state index contributed by atoms with van der Waals surface area (Å²) in [6.45, 7) is -0.141. The highest BCUT2D eigenvalue weighted by Gasteiger charge is 2.13. The van der Waals surface area contributed by atoms with E-state index in [0.717, 1.165) is 39.1 Å². The van der Waals surface area contributed by atoms with Crippen LogP contribution in [0, 0.1) is 0 Å². The second-order valence-electron chi connectivity index (χ2n) is 6.81. The molecule has 4 rings (SSSR count). The third-order valence-corrected chi connectivity index (χ3v) is 5.06. The Morgan fingerprint density at radius 3 is 2.10 bits per heavy atom. The Hall–Kier alpha value is -3.41. The summed E-state index contributed by atoms with van der Waals surface area (Å²) >= 11 is 0. The molecule has 5 heteroatoms. The normalized spacial score (nSPS) is 11.0. The van der Waals surface area contributed by atoms with Crippen molar-refractivity contribution in [3.63, 3.8) is 0 Å². The molecule has 0 aliphatic rings. The Labute approximate surface area is 168 Å². The average Bonchev–Trinajstić information content (AvgIpc) is 2.79. The smallest absolute Gasteiger partial charge is 0.262 e. The molecule has 4 aromatic rings. The van der Waals surface area contributed by atoms with Gasteiger partial charge in [-0.1, -0.05) is 30.3 Å². The van der Waals surface area contributed by atoms with E-state index in [2.05, 4.69) is 0 Å². The van der Waals surface area contributed by atoms with Gasteiger partial charge in [-0.25, -0.2) is 0 Å². The summed E-state index contributed by atoms with van der Waals surface area (Å²) in [6, 6.07) is 20.3. The summed E-state index contributed by atoms with van der Waals surface area (Å²) in [5, 5.41) is 20.2. The van der Waals surface area contributed by atoms with Crippen LogP contribution in [0.5, 0.6) is 5.75 Å². The average molecular weight is 387 g/mol. The molecular formula is C24H21NO4. The number of aromatic nitrogens is 1. The van der Waals surface area contributed by atoms with Crippen LogP contribution < -0.4 is 10.3 Å². The molecule has 0 saturated carbocycles. The number of nitrogens with zero attached hydrogens (tertiary/aromatic N) is 1. The maximum atomic E-state index is 13.2. The molecule has 2 N–H and O–H groups in total. The minimum atomic E-state index is -0.140. The van der Waals surface area contributed by atoms with E-state index < -0.39 is 0 Å². The summed E-state index contributed by atoms with van der Waals surface area (Å²) in [5.41, 5.74) is 3.92. The van der Waals surface area contributed by atoms with Crippen molar-refractivity contribution >= 4 is 10.8 Å². The van der Waals surface area contributed by atoms with Crippen molar-refractivity contribution in [2.75, 3.05) is 7.11 Å². The second kappa shape index (κ2) is 7.91. The molecule has 1 aromatic heterocycles. The summed E-state index contributed by atoms with van der Waals surface area (Å²) < 4.78 is 6.87. The van der Waals surface area contributed by atoms with Crippen LogP contribution in [0.15, 0.2) is 77.7 Å².